The molecule has 1 aliphatic rings. The first-order valence-electron chi connectivity index (χ1n) is 9.46. The molecule has 0 spiro atoms. The number of aryl methyl sites for hydroxylation is 1. The minimum atomic E-state index is -0.730. The van der Waals surface area contributed by atoms with Gasteiger partial charge in [-0.05, 0) is 69.8 Å². The zero-order valence-corrected chi connectivity index (χ0v) is 16.6. The highest BCUT2D eigenvalue weighted by Gasteiger charge is 2.31. The zero-order chi connectivity index (χ0) is 19.6. The largest absolute Gasteiger partial charge is 0.481 e. The summed E-state index contributed by atoms with van der Waals surface area (Å²) in [5.74, 6) is 0.398. The predicted octanol–water partition coefficient (Wildman–Crippen LogP) is 3.48. The first kappa shape index (κ1) is 19.4. The van der Waals surface area contributed by atoms with Crippen LogP contribution in [-0.4, -0.2) is 52.5 Å². The molecule has 1 aromatic carbocycles. The second-order valence-corrected chi connectivity index (χ2v) is 8.09. The Labute approximate surface area is 160 Å². The quantitative estimate of drug-likeness (QED) is 0.842. The summed E-state index contributed by atoms with van der Waals surface area (Å²) in [7, 11) is 1.62. The SMILES string of the molecule is COc1ccn(-c2ccc(C3CCN(CC(C)(C)C(=O)O)CC3)cc2C)n1. The molecule has 0 saturated carbocycles. The Hall–Kier alpha value is -2.34. The van der Waals surface area contributed by atoms with Crippen LogP contribution in [0, 0.1) is 12.3 Å². The van der Waals surface area contributed by atoms with Gasteiger partial charge in [0.2, 0.25) is 5.88 Å². The van der Waals surface area contributed by atoms with Crippen LogP contribution in [-0.2, 0) is 4.79 Å². The lowest BCUT2D eigenvalue weighted by molar-refractivity contribution is -0.148. The highest BCUT2D eigenvalue weighted by Crippen LogP contribution is 2.31. The van der Waals surface area contributed by atoms with E-state index in [0.29, 0.717) is 18.3 Å². The van der Waals surface area contributed by atoms with Crippen LogP contribution in [0.3, 0.4) is 0 Å². The molecule has 0 amide bonds. The Morgan fingerprint density at radius 2 is 2.00 bits per heavy atom. The zero-order valence-electron chi connectivity index (χ0n) is 16.6. The second kappa shape index (κ2) is 7.72. The number of likely N-dealkylation sites (tertiary alicyclic amines) is 1. The van der Waals surface area contributed by atoms with Crippen molar-refractivity contribution in [3.8, 4) is 11.6 Å². The van der Waals surface area contributed by atoms with Crippen molar-refractivity contribution in [2.45, 2.75) is 39.5 Å². The number of piperidine rings is 1. The smallest absolute Gasteiger partial charge is 0.310 e. The third kappa shape index (κ3) is 4.33. The number of ether oxygens (including phenoxy) is 1. The van der Waals surface area contributed by atoms with E-state index in [0.717, 1.165) is 31.6 Å². The van der Waals surface area contributed by atoms with Crippen LogP contribution < -0.4 is 4.74 Å². The fraction of sp³-hybridized carbons (Fsp3) is 0.524. The van der Waals surface area contributed by atoms with Gasteiger partial charge in [-0.15, -0.1) is 5.10 Å². The lowest BCUT2D eigenvalue weighted by atomic mass is 9.86. The number of methoxy groups -OCH3 is 1. The highest BCUT2D eigenvalue weighted by molar-refractivity contribution is 5.73. The average molecular weight is 371 g/mol. The number of aliphatic carboxylic acids is 1. The molecule has 0 aliphatic carbocycles. The maximum Gasteiger partial charge on any atom is 0.310 e. The van der Waals surface area contributed by atoms with Crippen LogP contribution in [0.1, 0.15) is 43.7 Å². The van der Waals surface area contributed by atoms with Gasteiger partial charge in [0, 0.05) is 18.8 Å². The minimum Gasteiger partial charge on any atom is -0.481 e. The predicted molar refractivity (Wildman–Crippen MR) is 105 cm³/mol. The Kier molecular flexibility index (Phi) is 5.56. The van der Waals surface area contributed by atoms with Crippen molar-refractivity contribution < 1.29 is 14.6 Å². The summed E-state index contributed by atoms with van der Waals surface area (Å²) in [5.41, 5.74) is 2.90. The van der Waals surface area contributed by atoms with Gasteiger partial charge in [-0.3, -0.25) is 4.79 Å². The van der Waals surface area contributed by atoms with Gasteiger partial charge in [0.1, 0.15) is 0 Å². The maximum absolute atomic E-state index is 11.3. The van der Waals surface area contributed by atoms with E-state index in [1.807, 2.05) is 16.9 Å². The van der Waals surface area contributed by atoms with Crippen molar-refractivity contribution in [3.63, 3.8) is 0 Å². The summed E-state index contributed by atoms with van der Waals surface area (Å²) in [4.78, 5) is 13.6. The van der Waals surface area contributed by atoms with E-state index >= 15 is 0 Å². The van der Waals surface area contributed by atoms with Crippen LogP contribution in [0.15, 0.2) is 30.5 Å². The number of carbonyl (C=O) groups is 1. The van der Waals surface area contributed by atoms with Gasteiger partial charge >= 0.3 is 5.97 Å². The number of nitrogens with zero attached hydrogens (tertiary/aromatic N) is 3. The fourth-order valence-electron chi connectivity index (χ4n) is 3.79. The Balaban J connectivity index is 1.65. The van der Waals surface area contributed by atoms with E-state index in [1.54, 1.807) is 21.0 Å². The van der Waals surface area contributed by atoms with Crippen molar-refractivity contribution in [2.75, 3.05) is 26.7 Å². The topological polar surface area (TPSA) is 67.6 Å². The molecule has 1 aliphatic heterocycles. The Morgan fingerprint density at radius 3 is 2.56 bits per heavy atom. The molecule has 1 aromatic heterocycles. The van der Waals surface area contributed by atoms with Gasteiger partial charge in [-0.25, -0.2) is 4.68 Å². The molecule has 0 atom stereocenters. The van der Waals surface area contributed by atoms with E-state index in [1.165, 1.54) is 11.1 Å². The molecule has 0 radical (unpaired) electrons. The van der Waals surface area contributed by atoms with Crippen molar-refractivity contribution >= 4 is 5.97 Å². The number of hydrogen-bond acceptors (Lipinski definition) is 4. The lowest BCUT2D eigenvalue weighted by Crippen LogP contribution is -2.42. The van der Waals surface area contributed by atoms with E-state index in [2.05, 4.69) is 35.1 Å². The van der Waals surface area contributed by atoms with Crippen LogP contribution >= 0.6 is 0 Å². The lowest BCUT2D eigenvalue weighted by Gasteiger charge is -2.36. The summed E-state index contributed by atoms with van der Waals surface area (Å²) in [5, 5.41) is 13.7. The highest BCUT2D eigenvalue weighted by atomic mass is 16.5. The van der Waals surface area contributed by atoms with Crippen molar-refractivity contribution in [1.82, 2.24) is 14.7 Å². The third-order valence-electron chi connectivity index (χ3n) is 5.50. The van der Waals surface area contributed by atoms with Crippen molar-refractivity contribution in [2.24, 2.45) is 5.41 Å². The maximum atomic E-state index is 11.3. The molecule has 1 saturated heterocycles. The minimum absolute atomic E-state index is 0.522. The van der Waals surface area contributed by atoms with E-state index < -0.39 is 11.4 Å². The number of rotatable bonds is 6. The fourth-order valence-corrected chi connectivity index (χ4v) is 3.79. The normalized spacial score (nSPS) is 16.4. The number of hydrogen-bond donors (Lipinski definition) is 1. The van der Waals surface area contributed by atoms with Gasteiger partial charge < -0.3 is 14.7 Å². The summed E-state index contributed by atoms with van der Waals surface area (Å²) in [6.07, 6.45) is 4.03. The Morgan fingerprint density at radius 1 is 1.30 bits per heavy atom. The van der Waals surface area contributed by atoms with Gasteiger partial charge in [0.25, 0.3) is 0 Å². The third-order valence-corrected chi connectivity index (χ3v) is 5.50. The first-order chi connectivity index (χ1) is 12.8. The van der Waals surface area contributed by atoms with Crippen LogP contribution in [0.4, 0.5) is 0 Å². The monoisotopic (exact) mass is 371 g/mol. The molecule has 6 heteroatoms. The van der Waals surface area contributed by atoms with Crippen molar-refractivity contribution in [3.05, 3.63) is 41.6 Å². The standard InChI is InChI=1S/C21H29N3O3/c1-15-13-17(5-6-18(15)24-12-9-19(22-24)27-4)16-7-10-23(11-8-16)14-21(2,3)20(25)26/h5-6,9,12-13,16H,7-8,10-11,14H2,1-4H3,(H,25,26). The van der Waals surface area contributed by atoms with Crippen LogP contribution in [0.5, 0.6) is 5.88 Å². The summed E-state index contributed by atoms with van der Waals surface area (Å²) in [6.45, 7) is 8.20. The van der Waals surface area contributed by atoms with Gasteiger partial charge in [-0.1, -0.05) is 12.1 Å². The van der Waals surface area contributed by atoms with E-state index in [4.69, 9.17) is 4.74 Å². The van der Waals surface area contributed by atoms with Crippen LogP contribution in [0.2, 0.25) is 0 Å². The molecular weight excluding hydrogens is 342 g/mol. The molecule has 6 nitrogen and oxygen atoms in total. The first-order valence-corrected chi connectivity index (χ1v) is 9.46. The van der Waals surface area contributed by atoms with Crippen LogP contribution in [0.25, 0.3) is 5.69 Å². The average Bonchev–Trinajstić information content (AvgIpc) is 3.10. The number of carboxylic acids is 1. The van der Waals surface area contributed by atoms with Gasteiger partial charge in [0.05, 0.1) is 18.2 Å². The summed E-state index contributed by atoms with van der Waals surface area (Å²) < 4.78 is 7.00. The number of aromatic nitrogens is 2. The molecule has 2 aromatic rings. The van der Waals surface area contributed by atoms with Crippen molar-refractivity contribution in [1.29, 1.82) is 0 Å². The number of carboxylic acid groups (broad SMARTS) is 1. The van der Waals surface area contributed by atoms with Gasteiger partial charge in [-0.2, -0.15) is 0 Å². The molecule has 3 rings (SSSR count). The Bertz CT molecular complexity index is 805. The molecule has 0 unspecified atom stereocenters. The van der Waals surface area contributed by atoms with Gasteiger partial charge in [0.15, 0.2) is 0 Å². The molecule has 1 fully saturated rings. The number of benzene rings is 1. The molecule has 146 valence electrons. The summed E-state index contributed by atoms with van der Waals surface area (Å²) in [6, 6.07) is 8.42. The summed E-state index contributed by atoms with van der Waals surface area (Å²) >= 11 is 0. The molecule has 27 heavy (non-hydrogen) atoms. The van der Waals surface area contributed by atoms with E-state index in [9.17, 15) is 9.90 Å². The molecule has 2 heterocycles. The molecular formula is C21H29N3O3. The van der Waals surface area contributed by atoms with E-state index in [-0.39, 0.29) is 0 Å². The molecule has 0 bridgehead atoms. The second-order valence-electron chi connectivity index (χ2n) is 8.09. The molecule has 1 N–H and O–H groups in total.